The molecule has 1 aliphatic carbocycles. The zero-order valence-electron chi connectivity index (χ0n) is 19.5. The highest BCUT2D eigenvalue weighted by molar-refractivity contribution is 6.76. The maximum Gasteiger partial charge on any atom is 0.145 e. The van der Waals surface area contributed by atoms with Crippen molar-refractivity contribution in [1.82, 2.24) is 24.3 Å². The first-order chi connectivity index (χ1) is 15.7. The quantitative estimate of drug-likeness (QED) is 0.346. The van der Waals surface area contributed by atoms with Gasteiger partial charge in [-0.2, -0.15) is 10.4 Å². The van der Waals surface area contributed by atoms with Crippen LogP contribution in [0.25, 0.3) is 22.3 Å². The summed E-state index contributed by atoms with van der Waals surface area (Å²) < 4.78 is 9.68. The lowest BCUT2D eigenvalue weighted by molar-refractivity contribution is -0.0999. The van der Waals surface area contributed by atoms with Crippen molar-refractivity contribution in [2.24, 2.45) is 5.41 Å². The fourth-order valence-electron chi connectivity index (χ4n) is 4.72. The molecule has 0 amide bonds. The van der Waals surface area contributed by atoms with Crippen LogP contribution in [0.3, 0.4) is 0 Å². The Kier molecular flexibility index (Phi) is 6.42. The molecule has 3 aromatic heterocycles. The number of rotatable bonds is 10. The zero-order valence-corrected chi connectivity index (χ0v) is 20.5. The molecule has 33 heavy (non-hydrogen) atoms. The van der Waals surface area contributed by atoms with Gasteiger partial charge in [-0.3, -0.25) is 4.68 Å². The normalized spacial score (nSPS) is 17.1. The standard InChI is InChI=1S/C23H32N6O3Si/c1-33(2,3)9-8-32-17-28-7-4-19-20(25-16-26-21(19)28)18-10-27-29(11-18)23(5-6-24)12-22(13-23,14-30)15-31/h4,7,10-11,16,30-31H,5,8-9,12-15,17H2,1-3H3. The van der Waals surface area contributed by atoms with Gasteiger partial charge in [0.15, 0.2) is 0 Å². The number of nitriles is 1. The van der Waals surface area contributed by atoms with Crippen molar-refractivity contribution >= 4 is 19.1 Å². The molecule has 10 heteroatoms. The van der Waals surface area contributed by atoms with Gasteiger partial charge in [0.2, 0.25) is 0 Å². The van der Waals surface area contributed by atoms with Gasteiger partial charge in [0.25, 0.3) is 0 Å². The number of ether oxygens (including phenoxy) is 1. The van der Waals surface area contributed by atoms with Gasteiger partial charge < -0.3 is 19.5 Å². The third kappa shape index (κ3) is 4.59. The Morgan fingerprint density at radius 3 is 2.64 bits per heavy atom. The van der Waals surface area contributed by atoms with Crippen molar-refractivity contribution in [3.8, 4) is 17.3 Å². The number of aromatic nitrogens is 5. The van der Waals surface area contributed by atoms with E-state index in [4.69, 9.17) is 4.74 Å². The molecule has 0 saturated heterocycles. The van der Waals surface area contributed by atoms with Crippen molar-refractivity contribution < 1.29 is 14.9 Å². The minimum atomic E-state index is -1.13. The van der Waals surface area contributed by atoms with Crippen LogP contribution in [0.4, 0.5) is 0 Å². The molecule has 0 aromatic carbocycles. The number of fused-ring (bicyclic) bond motifs is 1. The summed E-state index contributed by atoms with van der Waals surface area (Å²) in [6, 6.07) is 5.35. The highest BCUT2D eigenvalue weighted by Crippen LogP contribution is 2.54. The number of aliphatic hydroxyl groups is 2. The molecule has 1 aliphatic rings. The van der Waals surface area contributed by atoms with Crippen LogP contribution in [-0.2, 0) is 17.0 Å². The predicted octanol–water partition coefficient (Wildman–Crippen LogP) is 2.98. The largest absolute Gasteiger partial charge is 0.396 e. The first kappa shape index (κ1) is 23.6. The number of hydrogen-bond acceptors (Lipinski definition) is 7. The summed E-state index contributed by atoms with van der Waals surface area (Å²) in [4.78, 5) is 8.97. The van der Waals surface area contributed by atoms with Crippen molar-refractivity contribution in [2.45, 2.75) is 57.2 Å². The molecule has 0 spiro atoms. The fraction of sp³-hybridized carbons (Fsp3) is 0.565. The summed E-state index contributed by atoms with van der Waals surface area (Å²) in [6.07, 6.45) is 8.44. The molecule has 1 fully saturated rings. The summed E-state index contributed by atoms with van der Waals surface area (Å²) in [6.45, 7) is 7.97. The van der Waals surface area contributed by atoms with Crippen LogP contribution in [0.1, 0.15) is 19.3 Å². The maximum atomic E-state index is 9.70. The average Bonchev–Trinajstić information content (AvgIpc) is 3.41. The van der Waals surface area contributed by atoms with E-state index in [2.05, 4.69) is 40.8 Å². The van der Waals surface area contributed by atoms with E-state index in [0.717, 1.165) is 34.9 Å². The van der Waals surface area contributed by atoms with Crippen LogP contribution in [0.15, 0.2) is 31.0 Å². The highest BCUT2D eigenvalue weighted by atomic mass is 28.3. The second-order valence-corrected chi connectivity index (χ2v) is 16.1. The van der Waals surface area contributed by atoms with E-state index in [9.17, 15) is 15.5 Å². The van der Waals surface area contributed by atoms with Crippen molar-refractivity contribution in [3.05, 3.63) is 31.0 Å². The average molecular weight is 469 g/mol. The lowest BCUT2D eigenvalue weighted by Gasteiger charge is -2.53. The third-order valence-corrected chi connectivity index (χ3v) is 8.32. The smallest absolute Gasteiger partial charge is 0.145 e. The Morgan fingerprint density at radius 2 is 1.97 bits per heavy atom. The lowest BCUT2D eigenvalue weighted by atomic mass is 9.57. The topological polar surface area (TPSA) is 122 Å². The Hall–Kier alpha value is -2.58. The van der Waals surface area contributed by atoms with Crippen molar-refractivity contribution in [3.63, 3.8) is 0 Å². The van der Waals surface area contributed by atoms with Crippen LogP contribution in [0, 0.1) is 16.7 Å². The Morgan fingerprint density at radius 1 is 1.21 bits per heavy atom. The van der Waals surface area contributed by atoms with Crippen LogP contribution in [-0.4, -0.2) is 62.4 Å². The fourth-order valence-corrected chi connectivity index (χ4v) is 5.47. The molecule has 0 bridgehead atoms. The van der Waals surface area contributed by atoms with E-state index < -0.39 is 19.0 Å². The molecule has 0 unspecified atom stereocenters. The molecule has 9 nitrogen and oxygen atoms in total. The second-order valence-electron chi connectivity index (χ2n) is 10.5. The summed E-state index contributed by atoms with van der Waals surface area (Å²) in [5.41, 5.74) is 1.32. The monoisotopic (exact) mass is 468 g/mol. The maximum absolute atomic E-state index is 9.70. The molecule has 0 aliphatic heterocycles. The van der Waals surface area contributed by atoms with Crippen LogP contribution in [0.2, 0.25) is 25.7 Å². The lowest BCUT2D eigenvalue weighted by Crippen LogP contribution is -2.56. The Bertz CT molecular complexity index is 1150. The predicted molar refractivity (Wildman–Crippen MR) is 127 cm³/mol. The van der Waals surface area contributed by atoms with E-state index in [1.165, 1.54) is 0 Å². The van der Waals surface area contributed by atoms with Gasteiger partial charge in [-0.15, -0.1) is 0 Å². The van der Waals surface area contributed by atoms with Gasteiger partial charge in [-0.05, 0) is 25.0 Å². The van der Waals surface area contributed by atoms with Gasteiger partial charge in [0, 0.05) is 43.4 Å². The summed E-state index contributed by atoms with van der Waals surface area (Å²) in [5, 5.41) is 34.3. The minimum Gasteiger partial charge on any atom is -0.396 e. The number of nitrogens with zero attached hydrogens (tertiary/aromatic N) is 6. The van der Waals surface area contributed by atoms with Gasteiger partial charge in [-0.1, -0.05) is 19.6 Å². The number of hydrogen-bond donors (Lipinski definition) is 2. The first-order valence-electron chi connectivity index (χ1n) is 11.3. The Labute approximate surface area is 194 Å². The van der Waals surface area contributed by atoms with E-state index in [1.807, 2.05) is 23.0 Å². The van der Waals surface area contributed by atoms with E-state index in [-0.39, 0.29) is 19.6 Å². The third-order valence-electron chi connectivity index (χ3n) is 6.61. The molecule has 2 N–H and O–H groups in total. The molecule has 1 saturated carbocycles. The molecule has 0 atom stereocenters. The highest BCUT2D eigenvalue weighted by Gasteiger charge is 2.55. The van der Waals surface area contributed by atoms with E-state index in [1.54, 1.807) is 17.2 Å². The van der Waals surface area contributed by atoms with Gasteiger partial charge in [0.1, 0.15) is 18.7 Å². The summed E-state index contributed by atoms with van der Waals surface area (Å²) in [5.74, 6) is 0. The zero-order chi connectivity index (χ0) is 23.7. The Balaban J connectivity index is 1.56. The number of aliphatic hydroxyl groups excluding tert-OH is 2. The molecule has 4 rings (SSSR count). The molecule has 176 valence electrons. The van der Waals surface area contributed by atoms with E-state index in [0.29, 0.717) is 19.6 Å². The van der Waals surface area contributed by atoms with Gasteiger partial charge >= 0.3 is 0 Å². The van der Waals surface area contributed by atoms with Gasteiger partial charge in [-0.25, -0.2) is 9.97 Å². The molecule has 3 heterocycles. The van der Waals surface area contributed by atoms with Crippen molar-refractivity contribution in [1.29, 1.82) is 5.26 Å². The molecular weight excluding hydrogens is 436 g/mol. The van der Waals surface area contributed by atoms with E-state index >= 15 is 0 Å². The molecular formula is C23H32N6O3Si. The van der Waals surface area contributed by atoms with Gasteiger partial charge in [0.05, 0.1) is 43.1 Å². The van der Waals surface area contributed by atoms with Crippen molar-refractivity contribution in [2.75, 3.05) is 19.8 Å². The summed E-state index contributed by atoms with van der Waals surface area (Å²) in [7, 11) is -1.13. The van der Waals surface area contributed by atoms with Crippen LogP contribution in [0.5, 0.6) is 0 Å². The molecule has 3 aromatic rings. The minimum absolute atomic E-state index is 0.106. The van der Waals surface area contributed by atoms with Crippen LogP contribution >= 0.6 is 0 Å². The molecule has 0 radical (unpaired) electrons. The second kappa shape index (κ2) is 8.99. The van der Waals surface area contributed by atoms with Crippen LogP contribution < -0.4 is 0 Å². The first-order valence-corrected chi connectivity index (χ1v) is 15.0. The SMILES string of the molecule is C[Si](C)(C)CCOCn1ccc2c(-c3cnn(C4(CC#N)CC(CO)(CO)C4)c3)ncnc21. The summed E-state index contributed by atoms with van der Waals surface area (Å²) >= 11 is 0.